The fourth-order valence-corrected chi connectivity index (χ4v) is 2.24. The predicted molar refractivity (Wildman–Crippen MR) is 62.8 cm³/mol. The number of rotatable bonds is 3. The molecule has 78 valence electrons. The summed E-state index contributed by atoms with van der Waals surface area (Å²) < 4.78 is 0. The molecule has 1 unspecified atom stereocenters. The topological polar surface area (TPSA) is 51.8 Å². The largest absolute Gasteiger partial charge is 0.330 e. The lowest BCUT2D eigenvalue weighted by Crippen LogP contribution is -2.07. The Hall–Kier alpha value is -1.26. The molecule has 0 saturated carbocycles. The van der Waals surface area contributed by atoms with Gasteiger partial charge in [0.25, 0.3) is 0 Å². The van der Waals surface area contributed by atoms with Crippen LogP contribution in [0.25, 0.3) is 10.6 Å². The van der Waals surface area contributed by atoms with Crippen molar-refractivity contribution < 1.29 is 0 Å². The SMILES string of the molecule is CC(CN)c1cnc(-c2ccncc2)s1. The van der Waals surface area contributed by atoms with Crippen LogP contribution in [0.5, 0.6) is 0 Å². The molecule has 2 N–H and O–H groups in total. The summed E-state index contributed by atoms with van der Waals surface area (Å²) in [5, 5.41) is 1.03. The van der Waals surface area contributed by atoms with Crippen LogP contribution < -0.4 is 5.73 Å². The number of hydrogen-bond acceptors (Lipinski definition) is 4. The van der Waals surface area contributed by atoms with Crippen LogP contribution in [0.3, 0.4) is 0 Å². The summed E-state index contributed by atoms with van der Waals surface area (Å²) in [6.45, 7) is 2.78. The summed E-state index contributed by atoms with van der Waals surface area (Å²) in [6.07, 6.45) is 5.48. The zero-order valence-corrected chi connectivity index (χ0v) is 9.37. The lowest BCUT2D eigenvalue weighted by Gasteiger charge is -2.02. The van der Waals surface area contributed by atoms with Gasteiger partial charge in [0.15, 0.2) is 0 Å². The van der Waals surface area contributed by atoms with E-state index in [4.69, 9.17) is 5.73 Å². The molecule has 0 bridgehead atoms. The third-order valence-electron chi connectivity index (χ3n) is 2.29. The van der Waals surface area contributed by atoms with Gasteiger partial charge in [-0.3, -0.25) is 4.98 Å². The molecule has 1 atom stereocenters. The quantitative estimate of drug-likeness (QED) is 0.861. The molecule has 3 nitrogen and oxygen atoms in total. The van der Waals surface area contributed by atoms with Crippen molar-refractivity contribution in [3.63, 3.8) is 0 Å². The molecule has 0 saturated heterocycles. The van der Waals surface area contributed by atoms with E-state index >= 15 is 0 Å². The first-order valence-corrected chi connectivity index (χ1v) is 5.69. The standard InChI is InChI=1S/C11H13N3S/c1-8(6-12)10-7-14-11(15-10)9-2-4-13-5-3-9/h2-5,7-8H,6,12H2,1H3. The molecular formula is C11H13N3S. The number of aromatic nitrogens is 2. The summed E-state index contributed by atoms with van der Waals surface area (Å²) in [5.74, 6) is 0.387. The average molecular weight is 219 g/mol. The van der Waals surface area contributed by atoms with Crippen molar-refractivity contribution >= 4 is 11.3 Å². The Kier molecular flexibility index (Phi) is 3.08. The minimum absolute atomic E-state index is 0.387. The van der Waals surface area contributed by atoms with E-state index in [2.05, 4.69) is 16.9 Å². The zero-order chi connectivity index (χ0) is 10.7. The van der Waals surface area contributed by atoms with Gasteiger partial charge in [-0.05, 0) is 18.7 Å². The molecule has 0 aliphatic heterocycles. The summed E-state index contributed by atoms with van der Waals surface area (Å²) in [5.41, 5.74) is 6.74. The van der Waals surface area contributed by atoms with Crippen LogP contribution >= 0.6 is 11.3 Å². The van der Waals surface area contributed by atoms with Gasteiger partial charge < -0.3 is 5.73 Å². The molecule has 0 aliphatic carbocycles. The molecule has 0 radical (unpaired) electrons. The highest BCUT2D eigenvalue weighted by Gasteiger charge is 2.09. The van der Waals surface area contributed by atoms with Gasteiger partial charge in [-0.25, -0.2) is 4.98 Å². The molecule has 15 heavy (non-hydrogen) atoms. The summed E-state index contributed by atoms with van der Waals surface area (Å²) >= 11 is 1.70. The van der Waals surface area contributed by atoms with Crippen LogP contribution in [0.1, 0.15) is 17.7 Å². The maximum absolute atomic E-state index is 5.62. The maximum atomic E-state index is 5.62. The summed E-state index contributed by atoms with van der Waals surface area (Å²) in [4.78, 5) is 9.62. The van der Waals surface area contributed by atoms with Crippen LogP contribution in [0.4, 0.5) is 0 Å². The second-order valence-corrected chi connectivity index (χ2v) is 4.50. The molecule has 2 heterocycles. The van der Waals surface area contributed by atoms with Crippen molar-refractivity contribution in [3.05, 3.63) is 35.6 Å². The molecule has 0 aliphatic rings. The fourth-order valence-electron chi connectivity index (χ4n) is 1.26. The molecule has 0 spiro atoms. The number of pyridine rings is 1. The average Bonchev–Trinajstić information content (AvgIpc) is 2.78. The fraction of sp³-hybridized carbons (Fsp3) is 0.273. The second kappa shape index (κ2) is 4.51. The Bertz CT molecular complexity index is 424. The molecule has 4 heteroatoms. The zero-order valence-electron chi connectivity index (χ0n) is 8.55. The molecule has 2 rings (SSSR count). The van der Waals surface area contributed by atoms with E-state index in [1.807, 2.05) is 18.3 Å². The molecule has 0 amide bonds. The number of thiazole rings is 1. The number of nitrogens with two attached hydrogens (primary N) is 1. The van der Waals surface area contributed by atoms with Gasteiger partial charge in [-0.2, -0.15) is 0 Å². The van der Waals surface area contributed by atoms with Crippen LogP contribution in [0.2, 0.25) is 0 Å². The highest BCUT2D eigenvalue weighted by molar-refractivity contribution is 7.15. The summed E-state index contributed by atoms with van der Waals surface area (Å²) in [7, 11) is 0. The Morgan fingerprint density at radius 2 is 2.13 bits per heavy atom. The van der Waals surface area contributed by atoms with E-state index < -0.39 is 0 Å². The van der Waals surface area contributed by atoms with Gasteiger partial charge in [0.1, 0.15) is 5.01 Å². The van der Waals surface area contributed by atoms with Gasteiger partial charge in [-0.15, -0.1) is 11.3 Å². The maximum Gasteiger partial charge on any atom is 0.123 e. The summed E-state index contributed by atoms with van der Waals surface area (Å²) in [6, 6.07) is 3.94. The first kappa shape index (κ1) is 10.3. The van der Waals surface area contributed by atoms with Crippen molar-refractivity contribution in [1.29, 1.82) is 0 Å². The Morgan fingerprint density at radius 1 is 1.40 bits per heavy atom. The monoisotopic (exact) mass is 219 g/mol. The minimum Gasteiger partial charge on any atom is -0.330 e. The van der Waals surface area contributed by atoms with Crippen LogP contribution in [0.15, 0.2) is 30.7 Å². The van der Waals surface area contributed by atoms with E-state index in [9.17, 15) is 0 Å². The Labute approximate surface area is 93.0 Å². The second-order valence-electron chi connectivity index (χ2n) is 3.44. The first-order valence-electron chi connectivity index (χ1n) is 4.87. The highest BCUT2D eigenvalue weighted by Crippen LogP contribution is 2.28. The Morgan fingerprint density at radius 3 is 2.80 bits per heavy atom. The van der Waals surface area contributed by atoms with E-state index in [0.717, 1.165) is 10.6 Å². The lowest BCUT2D eigenvalue weighted by atomic mass is 10.2. The highest BCUT2D eigenvalue weighted by atomic mass is 32.1. The normalized spacial score (nSPS) is 12.7. The molecule has 0 aromatic carbocycles. The van der Waals surface area contributed by atoms with Crippen molar-refractivity contribution in [2.45, 2.75) is 12.8 Å². The van der Waals surface area contributed by atoms with Gasteiger partial charge in [-0.1, -0.05) is 6.92 Å². The molecule has 0 fully saturated rings. The third-order valence-corrected chi connectivity index (χ3v) is 3.57. The third kappa shape index (κ3) is 2.22. The van der Waals surface area contributed by atoms with Crippen molar-refractivity contribution in [1.82, 2.24) is 9.97 Å². The molecular weight excluding hydrogens is 206 g/mol. The van der Waals surface area contributed by atoms with Crippen LogP contribution in [0, 0.1) is 0 Å². The van der Waals surface area contributed by atoms with E-state index in [-0.39, 0.29) is 0 Å². The molecule has 2 aromatic heterocycles. The van der Waals surface area contributed by atoms with Crippen LogP contribution in [-0.4, -0.2) is 16.5 Å². The van der Waals surface area contributed by atoms with Crippen molar-refractivity contribution in [2.75, 3.05) is 6.54 Å². The molecule has 2 aromatic rings. The van der Waals surface area contributed by atoms with Gasteiger partial charge >= 0.3 is 0 Å². The number of nitrogens with zero attached hydrogens (tertiary/aromatic N) is 2. The van der Waals surface area contributed by atoms with Crippen molar-refractivity contribution in [2.24, 2.45) is 5.73 Å². The van der Waals surface area contributed by atoms with E-state index in [1.165, 1.54) is 4.88 Å². The van der Waals surface area contributed by atoms with Crippen molar-refractivity contribution in [3.8, 4) is 10.6 Å². The Balaban J connectivity index is 2.28. The van der Waals surface area contributed by atoms with Gasteiger partial charge in [0, 0.05) is 34.9 Å². The van der Waals surface area contributed by atoms with E-state index in [1.54, 1.807) is 23.7 Å². The minimum atomic E-state index is 0.387. The van der Waals surface area contributed by atoms with Gasteiger partial charge in [0.2, 0.25) is 0 Å². The number of hydrogen-bond donors (Lipinski definition) is 1. The lowest BCUT2D eigenvalue weighted by molar-refractivity contribution is 0.787. The van der Waals surface area contributed by atoms with Gasteiger partial charge in [0.05, 0.1) is 0 Å². The smallest absolute Gasteiger partial charge is 0.123 e. The predicted octanol–water partition coefficient (Wildman–Crippen LogP) is 2.27. The van der Waals surface area contributed by atoms with E-state index in [0.29, 0.717) is 12.5 Å². The van der Waals surface area contributed by atoms with Crippen LogP contribution in [-0.2, 0) is 0 Å². The first-order chi connectivity index (χ1) is 7.31.